The number of ether oxygens (including phenoxy) is 1. The van der Waals surface area contributed by atoms with Gasteiger partial charge in [0.05, 0.1) is 18.2 Å². The van der Waals surface area contributed by atoms with E-state index in [0.29, 0.717) is 24.3 Å². The Morgan fingerprint density at radius 1 is 1.20 bits per heavy atom. The molecule has 2 aliphatic heterocycles. The lowest BCUT2D eigenvalue weighted by molar-refractivity contribution is 0.0992. The van der Waals surface area contributed by atoms with Gasteiger partial charge < -0.3 is 15.4 Å². The zero-order valence-corrected chi connectivity index (χ0v) is 9.20. The Labute approximate surface area is 90.5 Å². The smallest absolute Gasteiger partial charge is 0.191 e. The van der Waals surface area contributed by atoms with Gasteiger partial charge in [0.2, 0.25) is 0 Å². The van der Waals surface area contributed by atoms with Crippen LogP contribution in [-0.2, 0) is 4.74 Å². The van der Waals surface area contributed by atoms with Gasteiger partial charge in [-0.15, -0.1) is 0 Å². The van der Waals surface area contributed by atoms with Gasteiger partial charge in [-0.2, -0.15) is 0 Å². The van der Waals surface area contributed by atoms with Crippen molar-refractivity contribution in [3.8, 4) is 0 Å². The SMILES string of the molecule is CN=C(NC1CC1)N[C@H]1C[C@@H]2CC[C@@H]1O2. The van der Waals surface area contributed by atoms with Crippen molar-refractivity contribution in [2.24, 2.45) is 4.99 Å². The van der Waals surface area contributed by atoms with E-state index < -0.39 is 0 Å². The Morgan fingerprint density at radius 2 is 2.07 bits per heavy atom. The molecule has 0 aromatic carbocycles. The third-order valence-electron chi connectivity index (χ3n) is 3.57. The van der Waals surface area contributed by atoms with Crippen molar-refractivity contribution in [1.29, 1.82) is 0 Å². The van der Waals surface area contributed by atoms with E-state index >= 15 is 0 Å². The van der Waals surface area contributed by atoms with Crippen LogP contribution < -0.4 is 10.6 Å². The van der Waals surface area contributed by atoms with Gasteiger partial charge in [-0.05, 0) is 32.1 Å². The summed E-state index contributed by atoms with van der Waals surface area (Å²) in [6, 6.07) is 1.14. The first-order valence-corrected chi connectivity index (χ1v) is 6.00. The lowest BCUT2D eigenvalue weighted by Crippen LogP contribution is -2.47. The van der Waals surface area contributed by atoms with Crippen LogP contribution in [0.15, 0.2) is 4.99 Å². The summed E-state index contributed by atoms with van der Waals surface area (Å²) in [6.07, 6.45) is 7.11. The van der Waals surface area contributed by atoms with Crippen LogP contribution in [0.25, 0.3) is 0 Å². The molecule has 0 amide bonds. The first-order chi connectivity index (χ1) is 7.35. The van der Waals surface area contributed by atoms with Gasteiger partial charge in [-0.3, -0.25) is 4.99 Å². The molecular formula is C11H19N3O. The molecule has 1 aliphatic carbocycles. The minimum atomic E-state index is 0.424. The maximum absolute atomic E-state index is 5.81. The zero-order valence-electron chi connectivity index (χ0n) is 9.20. The molecule has 2 bridgehead atoms. The van der Waals surface area contributed by atoms with Crippen molar-refractivity contribution >= 4 is 5.96 Å². The maximum atomic E-state index is 5.81. The molecule has 4 heteroatoms. The van der Waals surface area contributed by atoms with E-state index in [1.807, 2.05) is 7.05 Å². The van der Waals surface area contributed by atoms with Crippen LogP contribution in [0.1, 0.15) is 32.1 Å². The first-order valence-electron chi connectivity index (χ1n) is 6.00. The molecule has 0 radical (unpaired) electrons. The number of hydrogen-bond donors (Lipinski definition) is 2. The van der Waals surface area contributed by atoms with Gasteiger partial charge in [0, 0.05) is 13.1 Å². The summed E-state index contributed by atoms with van der Waals surface area (Å²) in [7, 11) is 1.84. The molecular weight excluding hydrogens is 190 g/mol. The van der Waals surface area contributed by atoms with Crippen LogP contribution in [0, 0.1) is 0 Å². The monoisotopic (exact) mass is 209 g/mol. The molecule has 2 saturated heterocycles. The Kier molecular flexibility index (Phi) is 2.31. The van der Waals surface area contributed by atoms with Crippen molar-refractivity contribution < 1.29 is 4.74 Å². The Bertz CT molecular complexity index is 275. The van der Waals surface area contributed by atoms with E-state index in [-0.39, 0.29) is 0 Å². The Hall–Kier alpha value is -0.770. The molecule has 84 valence electrons. The lowest BCUT2D eigenvalue weighted by atomic mass is 9.96. The number of hydrogen-bond acceptors (Lipinski definition) is 2. The van der Waals surface area contributed by atoms with E-state index in [1.54, 1.807) is 0 Å². The summed E-state index contributed by atoms with van der Waals surface area (Å²) < 4.78 is 5.81. The molecule has 4 nitrogen and oxygen atoms in total. The summed E-state index contributed by atoms with van der Waals surface area (Å²) in [4.78, 5) is 4.25. The van der Waals surface area contributed by atoms with Crippen LogP contribution in [0.4, 0.5) is 0 Å². The summed E-state index contributed by atoms with van der Waals surface area (Å²) in [5.41, 5.74) is 0. The molecule has 0 unspecified atom stereocenters. The lowest BCUT2D eigenvalue weighted by Gasteiger charge is -2.22. The van der Waals surface area contributed by atoms with Gasteiger partial charge in [-0.1, -0.05) is 0 Å². The highest BCUT2D eigenvalue weighted by Crippen LogP contribution is 2.34. The zero-order chi connectivity index (χ0) is 10.3. The molecule has 0 spiro atoms. The number of guanidine groups is 1. The minimum Gasteiger partial charge on any atom is -0.373 e. The number of aliphatic imine (C=N–C) groups is 1. The van der Waals surface area contributed by atoms with E-state index in [9.17, 15) is 0 Å². The topological polar surface area (TPSA) is 45.7 Å². The quantitative estimate of drug-likeness (QED) is 0.518. The van der Waals surface area contributed by atoms with Crippen LogP contribution in [0.2, 0.25) is 0 Å². The number of nitrogens with one attached hydrogen (secondary N) is 2. The Balaban J connectivity index is 1.54. The number of nitrogens with zero attached hydrogens (tertiary/aromatic N) is 1. The predicted molar refractivity (Wildman–Crippen MR) is 59.0 cm³/mol. The van der Waals surface area contributed by atoms with E-state index in [2.05, 4.69) is 15.6 Å². The minimum absolute atomic E-state index is 0.424. The van der Waals surface area contributed by atoms with E-state index in [0.717, 1.165) is 12.4 Å². The average molecular weight is 209 g/mol. The standard InChI is InChI=1S/C11H19N3O/c1-12-11(13-7-2-3-7)14-9-6-8-4-5-10(9)15-8/h7-10H,2-6H2,1H3,(H2,12,13,14)/t8-,9-,10-/m0/s1. The maximum Gasteiger partial charge on any atom is 0.191 e. The van der Waals surface area contributed by atoms with Gasteiger partial charge in [0.25, 0.3) is 0 Å². The van der Waals surface area contributed by atoms with Gasteiger partial charge in [0.1, 0.15) is 0 Å². The van der Waals surface area contributed by atoms with Crippen LogP contribution in [0.3, 0.4) is 0 Å². The fraction of sp³-hybridized carbons (Fsp3) is 0.909. The third-order valence-corrected chi connectivity index (χ3v) is 3.57. The van der Waals surface area contributed by atoms with Crippen molar-refractivity contribution in [3.63, 3.8) is 0 Å². The van der Waals surface area contributed by atoms with E-state index in [4.69, 9.17) is 4.74 Å². The second-order valence-corrected chi connectivity index (χ2v) is 4.85. The first kappa shape index (κ1) is 9.46. The van der Waals surface area contributed by atoms with Crippen molar-refractivity contribution in [3.05, 3.63) is 0 Å². The molecule has 0 aromatic rings. The molecule has 3 fully saturated rings. The highest BCUT2D eigenvalue weighted by atomic mass is 16.5. The van der Waals surface area contributed by atoms with Gasteiger partial charge in [0.15, 0.2) is 5.96 Å². The normalized spacial score (nSPS) is 39.5. The molecule has 2 heterocycles. The van der Waals surface area contributed by atoms with Crippen molar-refractivity contribution in [2.45, 2.75) is 56.4 Å². The third kappa shape index (κ3) is 1.95. The molecule has 0 aromatic heterocycles. The highest BCUT2D eigenvalue weighted by molar-refractivity contribution is 5.80. The van der Waals surface area contributed by atoms with Gasteiger partial charge >= 0.3 is 0 Å². The largest absolute Gasteiger partial charge is 0.373 e. The highest BCUT2D eigenvalue weighted by Gasteiger charge is 2.41. The number of fused-ring (bicyclic) bond motifs is 2. The summed E-state index contributed by atoms with van der Waals surface area (Å²) >= 11 is 0. The molecule has 3 rings (SSSR count). The van der Waals surface area contributed by atoms with Crippen LogP contribution >= 0.6 is 0 Å². The summed E-state index contributed by atoms with van der Waals surface area (Å²) in [5, 5.41) is 6.89. The second-order valence-electron chi connectivity index (χ2n) is 4.85. The molecule has 2 N–H and O–H groups in total. The van der Waals surface area contributed by atoms with Crippen LogP contribution in [-0.4, -0.2) is 37.3 Å². The summed E-state index contributed by atoms with van der Waals surface area (Å²) in [5.74, 6) is 0.957. The average Bonchev–Trinajstić information content (AvgIpc) is 2.82. The van der Waals surface area contributed by atoms with Crippen molar-refractivity contribution in [2.75, 3.05) is 7.05 Å². The molecule has 3 aliphatic rings. The Morgan fingerprint density at radius 3 is 2.60 bits per heavy atom. The number of rotatable bonds is 2. The molecule has 15 heavy (non-hydrogen) atoms. The predicted octanol–water partition coefficient (Wildman–Crippen LogP) is 0.634. The summed E-state index contributed by atoms with van der Waals surface area (Å²) in [6.45, 7) is 0. The van der Waals surface area contributed by atoms with Gasteiger partial charge in [-0.25, -0.2) is 0 Å². The van der Waals surface area contributed by atoms with Crippen molar-refractivity contribution in [1.82, 2.24) is 10.6 Å². The fourth-order valence-corrected chi connectivity index (χ4v) is 2.56. The fourth-order valence-electron chi connectivity index (χ4n) is 2.56. The molecule has 3 atom stereocenters. The van der Waals surface area contributed by atoms with Crippen LogP contribution in [0.5, 0.6) is 0 Å². The molecule has 1 saturated carbocycles. The van der Waals surface area contributed by atoms with E-state index in [1.165, 1.54) is 25.7 Å². The second kappa shape index (κ2) is 3.67.